The molecule has 4 nitrogen and oxygen atoms in total. The predicted octanol–water partition coefficient (Wildman–Crippen LogP) is 3.05. The Morgan fingerprint density at radius 1 is 1.30 bits per heavy atom. The van der Waals surface area contributed by atoms with Crippen LogP contribution in [-0.2, 0) is 9.59 Å². The van der Waals surface area contributed by atoms with E-state index in [1.54, 1.807) is 13.1 Å². The molecule has 0 heterocycles. The molecule has 5 heteroatoms. The molecule has 2 amide bonds. The maximum Gasteiger partial charge on any atom is 0.243 e. The molecule has 2 aliphatic carbocycles. The zero-order valence-corrected chi connectivity index (χ0v) is 13.4. The van der Waals surface area contributed by atoms with E-state index in [4.69, 9.17) is 0 Å². The summed E-state index contributed by atoms with van der Waals surface area (Å²) >= 11 is 0. The Morgan fingerprint density at radius 2 is 2.13 bits per heavy atom. The van der Waals surface area contributed by atoms with Gasteiger partial charge in [0.25, 0.3) is 0 Å². The van der Waals surface area contributed by atoms with Gasteiger partial charge >= 0.3 is 0 Å². The first kappa shape index (κ1) is 16.0. The summed E-state index contributed by atoms with van der Waals surface area (Å²) < 4.78 is 13.1. The molecule has 0 aliphatic heterocycles. The third-order valence-electron chi connectivity index (χ3n) is 5.24. The van der Waals surface area contributed by atoms with Crippen LogP contribution < -0.4 is 5.32 Å². The second-order valence-corrected chi connectivity index (χ2v) is 6.95. The van der Waals surface area contributed by atoms with Gasteiger partial charge in [-0.05, 0) is 55.2 Å². The van der Waals surface area contributed by atoms with E-state index in [0.29, 0.717) is 23.9 Å². The van der Waals surface area contributed by atoms with Crippen LogP contribution in [0.5, 0.6) is 0 Å². The van der Waals surface area contributed by atoms with E-state index in [1.807, 2.05) is 0 Å². The fourth-order valence-corrected chi connectivity index (χ4v) is 4.08. The summed E-state index contributed by atoms with van der Waals surface area (Å²) in [5, 5.41) is 2.62. The standard InChI is InChI=1S/C18H23FN2O2/c1-21(11-17(22)20-16-4-2-3-15(19)10-16)18(23)9-14-8-12-5-6-13(14)7-12/h2-4,10,12-14H,5-9,11H2,1H3,(H,20,22)/t12-,13-,14-/m0/s1. The van der Waals surface area contributed by atoms with Crippen LogP contribution in [0.1, 0.15) is 32.1 Å². The van der Waals surface area contributed by atoms with Crippen LogP contribution in [0.3, 0.4) is 0 Å². The first-order valence-electron chi connectivity index (χ1n) is 8.30. The van der Waals surface area contributed by atoms with Crippen molar-refractivity contribution < 1.29 is 14.0 Å². The molecule has 124 valence electrons. The van der Waals surface area contributed by atoms with Gasteiger partial charge < -0.3 is 10.2 Å². The first-order chi connectivity index (χ1) is 11.0. The highest BCUT2D eigenvalue weighted by atomic mass is 19.1. The quantitative estimate of drug-likeness (QED) is 0.907. The molecule has 0 saturated heterocycles. The van der Waals surface area contributed by atoms with Crippen molar-refractivity contribution in [2.24, 2.45) is 17.8 Å². The number of amides is 2. The highest BCUT2D eigenvalue weighted by Gasteiger charge is 2.40. The zero-order valence-electron chi connectivity index (χ0n) is 13.4. The number of likely N-dealkylation sites (N-methyl/N-ethyl adjacent to an activating group) is 1. The highest BCUT2D eigenvalue weighted by Crippen LogP contribution is 2.49. The maximum absolute atomic E-state index is 13.1. The van der Waals surface area contributed by atoms with Crippen molar-refractivity contribution in [2.45, 2.75) is 32.1 Å². The van der Waals surface area contributed by atoms with E-state index >= 15 is 0 Å². The monoisotopic (exact) mass is 318 g/mol. The number of benzene rings is 1. The first-order valence-corrected chi connectivity index (χ1v) is 8.30. The number of hydrogen-bond acceptors (Lipinski definition) is 2. The second kappa shape index (κ2) is 6.69. The molecular weight excluding hydrogens is 295 g/mol. The van der Waals surface area contributed by atoms with Crippen molar-refractivity contribution in [3.63, 3.8) is 0 Å². The summed E-state index contributed by atoms with van der Waals surface area (Å²) in [5.41, 5.74) is 0.406. The van der Waals surface area contributed by atoms with Crippen molar-refractivity contribution in [3.8, 4) is 0 Å². The Labute approximate surface area is 136 Å². The molecule has 0 radical (unpaired) electrons. The van der Waals surface area contributed by atoms with Gasteiger partial charge in [-0.25, -0.2) is 4.39 Å². The molecule has 3 atom stereocenters. The topological polar surface area (TPSA) is 49.4 Å². The minimum absolute atomic E-state index is 0.00381. The number of halogens is 1. The number of carbonyl (C=O) groups is 2. The molecule has 3 rings (SSSR count). The smallest absolute Gasteiger partial charge is 0.243 e. The van der Waals surface area contributed by atoms with E-state index in [0.717, 1.165) is 5.92 Å². The number of nitrogens with zero attached hydrogens (tertiary/aromatic N) is 1. The third-order valence-corrected chi connectivity index (χ3v) is 5.24. The Hall–Kier alpha value is -1.91. The molecule has 0 spiro atoms. The van der Waals surface area contributed by atoms with Crippen LogP contribution in [0.25, 0.3) is 0 Å². The number of nitrogens with one attached hydrogen (secondary N) is 1. The van der Waals surface area contributed by atoms with Gasteiger partial charge in [0.1, 0.15) is 5.82 Å². The number of anilines is 1. The molecule has 2 bridgehead atoms. The average molecular weight is 318 g/mol. The minimum Gasteiger partial charge on any atom is -0.336 e. The average Bonchev–Trinajstić information content (AvgIpc) is 3.09. The Kier molecular flexibility index (Phi) is 4.64. The molecule has 0 aromatic heterocycles. The molecule has 1 aromatic carbocycles. The Balaban J connectivity index is 1.47. The Bertz CT molecular complexity index is 604. The van der Waals surface area contributed by atoms with Crippen molar-refractivity contribution in [3.05, 3.63) is 30.1 Å². The van der Waals surface area contributed by atoms with Crippen LogP contribution >= 0.6 is 0 Å². The normalized spacial score (nSPS) is 25.4. The number of carbonyl (C=O) groups excluding carboxylic acids is 2. The van der Waals surface area contributed by atoms with Crippen LogP contribution in [0, 0.1) is 23.6 Å². The number of hydrogen-bond donors (Lipinski definition) is 1. The van der Waals surface area contributed by atoms with Gasteiger partial charge in [-0.2, -0.15) is 0 Å². The van der Waals surface area contributed by atoms with Crippen LogP contribution in [0.4, 0.5) is 10.1 Å². The number of fused-ring (bicyclic) bond motifs is 2. The molecule has 23 heavy (non-hydrogen) atoms. The van der Waals surface area contributed by atoms with E-state index in [-0.39, 0.29) is 18.4 Å². The lowest BCUT2D eigenvalue weighted by Gasteiger charge is -2.24. The molecule has 1 aromatic rings. The molecular formula is C18H23FN2O2. The third kappa shape index (κ3) is 3.89. The van der Waals surface area contributed by atoms with Crippen molar-refractivity contribution >= 4 is 17.5 Å². The van der Waals surface area contributed by atoms with Gasteiger partial charge in [-0.15, -0.1) is 0 Å². The van der Waals surface area contributed by atoms with Gasteiger partial charge in [0.05, 0.1) is 6.54 Å². The fraction of sp³-hybridized carbons (Fsp3) is 0.556. The van der Waals surface area contributed by atoms with Crippen molar-refractivity contribution in [1.29, 1.82) is 0 Å². The van der Waals surface area contributed by atoms with E-state index in [2.05, 4.69) is 5.32 Å². The predicted molar refractivity (Wildman–Crippen MR) is 86.2 cm³/mol. The van der Waals surface area contributed by atoms with Gasteiger partial charge in [0.15, 0.2) is 0 Å². The largest absolute Gasteiger partial charge is 0.336 e. The molecule has 2 saturated carbocycles. The van der Waals surface area contributed by atoms with Crippen molar-refractivity contribution in [2.75, 3.05) is 18.9 Å². The van der Waals surface area contributed by atoms with Crippen LogP contribution in [0.15, 0.2) is 24.3 Å². The lowest BCUT2D eigenvalue weighted by Crippen LogP contribution is -2.36. The molecule has 0 unspecified atom stereocenters. The highest BCUT2D eigenvalue weighted by molar-refractivity contribution is 5.94. The Morgan fingerprint density at radius 3 is 2.78 bits per heavy atom. The van der Waals surface area contributed by atoms with E-state index in [1.165, 1.54) is 48.8 Å². The second-order valence-electron chi connectivity index (χ2n) is 6.95. The number of rotatable bonds is 5. The summed E-state index contributed by atoms with van der Waals surface area (Å²) in [5.74, 6) is 1.34. The van der Waals surface area contributed by atoms with Crippen LogP contribution in [-0.4, -0.2) is 30.3 Å². The van der Waals surface area contributed by atoms with Crippen LogP contribution in [0.2, 0.25) is 0 Å². The zero-order chi connectivity index (χ0) is 16.4. The summed E-state index contributed by atoms with van der Waals surface area (Å²) in [7, 11) is 1.65. The SMILES string of the molecule is CN(CC(=O)Nc1cccc(F)c1)C(=O)C[C@@H]1C[C@H]2CC[C@H]1C2. The molecule has 2 aliphatic rings. The summed E-state index contributed by atoms with van der Waals surface area (Å²) in [6, 6.07) is 5.74. The maximum atomic E-state index is 13.1. The van der Waals surface area contributed by atoms with Gasteiger partial charge in [-0.3, -0.25) is 9.59 Å². The molecule has 1 N–H and O–H groups in total. The van der Waals surface area contributed by atoms with Crippen molar-refractivity contribution in [1.82, 2.24) is 4.90 Å². The fourth-order valence-electron chi connectivity index (χ4n) is 4.08. The lowest BCUT2D eigenvalue weighted by atomic mass is 9.86. The summed E-state index contributed by atoms with van der Waals surface area (Å²) in [6.07, 6.45) is 5.57. The van der Waals surface area contributed by atoms with E-state index < -0.39 is 5.82 Å². The van der Waals surface area contributed by atoms with E-state index in [9.17, 15) is 14.0 Å². The van der Waals surface area contributed by atoms with Gasteiger partial charge in [0.2, 0.25) is 11.8 Å². The summed E-state index contributed by atoms with van der Waals surface area (Å²) in [6.45, 7) is -0.00381. The minimum atomic E-state index is -0.400. The summed E-state index contributed by atoms with van der Waals surface area (Å²) in [4.78, 5) is 25.8. The molecule has 2 fully saturated rings. The lowest BCUT2D eigenvalue weighted by molar-refractivity contribution is -0.134. The van der Waals surface area contributed by atoms with Gasteiger partial charge in [0, 0.05) is 19.2 Å². The van der Waals surface area contributed by atoms with Gasteiger partial charge in [-0.1, -0.05) is 12.5 Å².